The predicted molar refractivity (Wildman–Crippen MR) is 251 cm³/mol. The van der Waals surface area contributed by atoms with Crippen molar-refractivity contribution < 1.29 is 46.1 Å². The molecule has 5 heteroatoms. The molecule has 6 aromatic carbocycles. The van der Waals surface area contributed by atoms with Crippen LogP contribution in [0.15, 0.2) is 119 Å². The van der Waals surface area contributed by atoms with Gasteiger partial charge in [-0.1, -0.05) is 0 Å². The van der Waals surface area contributed by atoms with Crippen molar-refractivity contribution in [1.82, 2.24) is 0 Å². The first-order valence-corrected chi connectivity index (χ1v) is 25.6. The summed E-state index contributed by atoms with van der Waals surface area (Å²) in [5.41, 5.74) is 14.0. The van der Waals surface area contributed by atoms with Gasteiger partial charge in [-0.15, -0.1) is 0 Å². The quantitative estimate of drug-likeness (QED) is 0.165. The van der Waals surface area contributed by atoms with Crippen molar-refractivity contribution in [3.05, 3.63) is 173 Å². The molecule has 0 atom stereocenters. The molecule has 0 heterocycles. The summed E-state index contributed by atoms with van der Waals surface area (Å²) in [7, 11) is 0. The van der Waals surface area contributed by atoms with Crippen molar-refractivity contribution in [2.75, 3.05) is 0 Å². The molecule has 0 amide bonds. The van der Waals surface area contributed by atoms with E-state index in [4.69, 9.17) is 23.2 Å². The third-order valence-electron chi connectivity index (χ3n) is 12.4. The SMILES string of the molecule is CC(C)(C)c1cc2c(cc1C(C)(C)C)[CH]([Zr+2]([C]1=CC=CC1)=[C](c1cc(Cl)cc3ccccc13)c1cc(Cl)cc3ccccc13)c1cc(C(C)(C)C)c(C(C)(C)C)cc1-2.[Cl-].[Cl-]. The molecule has 2 aliphatic carbocycles. The molecule has 0 aromatic heterocycles. The van der Waals surface area contributed by atoms with E-state index < -0.39 is 21.3 Å². The largest absolute Gasteiger partial charge is 1.00 e. The molecule has 310 valence electrons. The van der Waals surface area contributed by atoms with Crippen LogP contribution in [-0.2, 0) is 42.9 Å². The Labute approximate surface area is 389 Å². The Balaban J connectivity index is 0.00000302. The average Bonchev–Trinajstić information content (AvgIpc) is 3.77. The molecule has 0 nitrogen and oxygen atoms in total. The maximum atomic E-state index is 7.21. The monoisotopic (exact) mass is 948 g/mol. The topological polar surface area (TPSA) is 0 Å². The molecule has 60 heavy (non-hydrogen) atoms. The second-order valence-corrected chi connectivity index (χ2v) is 28.0. The Kier molecular flexibility index (Phi) is 13.0. The van der Waals surface area contributed by atoms with Crippen LogP contribution in [0.4, 0.5) is 0 Å². The molecule has 0 unspecified atom stereocenters. The zero-order valence-corrected chi connectivity index (χ0v) is 42.7. The van der Waals surface area contributed by atoms with E-state index in [1.807, 2.05) is 0 Å². The summed E-state index contributed by atoms with van der Waals surface area (Å²) >= 11 is 11.2. The van der Waals surface area contributed by atoms with E-state index in [-0.39, 0.29) is 50.1 Å². The number of benzene rings is 6. The van der Waals surface area contributed by atoms with Crippen molar-refractivity contribution >= 4 is 48.0 Å². The molecular formula is C55H58Cl4Zr. The molecule has 0 aliphatic heterocycles. The Morgan fingerprint density at radius 3 is 1.27 bits per heavy atom. The van der Waals surface area contributed by atoms with E-state index in [0.29, 0.717) is 0 Å². The molecule has 0 fully saturated rings. The first-order chi connectivity index (χ1) is 27.1. The van der Waals surface area contributed by atoms with Crippen molar-refractivity contribution in [2.24, 2.45) is 0 Å². The molecule has 0 N–H and O–H groups in total. The fourth-order valence-electron chi connectivity index (χ4n) is 9.67. The zero-order valence-electron chi connectivity index (χ0n) is 37.3. The molecule has 8 rings (SSSR count). The van der Waals surface area contributed by atoms with Crippen molar-refractivity contribution in [3.8, 4) is 11.1 Å². The average molecular weight is 952 g/mol. The fraction of sp³-hybridized carbons (Fsp3) is 0.327. The summed E-state index contributed by atoms with van der Waals surface area (Å²) in [6.07, 6.45) is 8.13. The number of rotatable bonds is 4. The van der Waals surface area contributed by atoms with Gasteiger partial charge in [0.2, 0.25) is 0 Å². The van der Waals surface area contributed by atoms with E-state index in [2.05, 4.69) is 198 Å². The van der Waals surface area contributed by atoms with Gasteiger partial charge in [0, 0.05) is 0 Å². The Morgan fingerprint density at radius 2 is 0.900 bits per heavy atom. The van der Waals surface area contributed by atoms with Crippen LogP contribution in [0.5, 0.6) is 0 Å². The number of hydrogen-bond donors (Lipinski definition) is 0. The third kappa shape index (κ3) is 8.50. The van der Waals surface area contributed by atoms with Crippen LogP contribution in [0, 0.1) is 0 Å². The molecule has 0 bridgehead atoms. The molecule has 0 spiro atoms. The molecule has 0 saturated heterocycles. The smallest absolute Gasteiger partial charge is 1.00 e. The Morgan fingerprint density at radius 1 is 0.517 bits per heavy atom. The van der Waals surface area contributed by atoms with Gasteiger partial charge in [0.05, 0.1) is 0 Å². The Hall–Kier alpha value is -2.77. The van der Waals surface area contributed by atoms with Crippen molar-refractivity contribution in [2.45, 2.75) is 115 Å². The number of allylic oxidation sites excluding steroid dienone is 4. The van der Waals surface area contributed by atoms with Crippen LogP contribution in [0.25, 0.3) is 32.7 Å². The maximum Gasteiger partial charge on any atom is -1.00 e. The van der Waals surface area contributed by atoms with Crippen LogP contribution in [0.3, 0.4) is 0 Å². The zero-order chi connectivity index (χ0) is 41.7. The van der Waals surface area contributed by atoms with Crippen LogP contribution in [-0.4, -0.2) is 3.21 Å². The summed E-state index contributed by atoms with van der Waals surface area (Å²) in [6, 6.07) is 37.0. The van der Waals surface area contributed by atoms with Gasteiger partial charge >= 0.3 is 368 Å². The van der Waals surface area contributed by atoms with Crippen LogP contribution in [0.2, 0.25) is 10.0 Å². The number of fused-ring (bicyclic) bond motifs is 5. The van der Waals surface area contributed by atoms with E-state index in [9.17, 15) is 0 Å². The van der Waals surface area contributed by atoms with Crippen molar-refractivity contribution in [1.29, 1.82) is 0 Å². The van der Waals surface area contributed by atoms with E-state index in [1.54, 1.807) is 3.28 Å². The second-order valence-electron chi connectivity index (χ2n) is 20.9. The first-order valence-electron chi connectivity index (χ1n) is 21.0. The van der Waals surface area contributed by atoms with Gasteiger partial charge in [-0.05, 0) is 0 Å². The van der Waals surface area contributed by atoms with E-state index in [1.165, 1.54) is 69.6 Å². The van der Waals surface area contributed by atoms with Gasteiger partial charge in [0.15, 0.2) is 0 Å². The second kappa shape index (κ2) is 16.7. The van der Waals surface area contributed by atoms with Crippen LogP contribution >= 0.6 is 23.2 Å². The molecule has 0 radical (unpaired) electrons. The van der Waals surface area contributed by atoms with Crippen LogP contribution in [0.1, 0.15) is 138 Å². The minimum Gasteiger partial charge on any atom is -1.00 e. The molecule has 2 aliphatic rings. The fourth-order valence-corrected chi connectivity index (χ4v) is 19.2. The van der Waals surface area contributed by atoms with E-state index >= 15 is 0 Å². The minimum atomic E-state index is -3.25. The molecule has 0 saturated carbocycles. The summed E-state index contributed by atoms with van der Waals surface area (Å²) in [4.78, 5) is 0. The van der Waals surface area contributed by atoms with Gasteiger partial charge in [0.25, 0.3) is 0 Å². The molecule has 6 aromatic rings. The Bertz CT molecular complexity index is 2590. The van der Waals surface area contributed by atoms with Gasteiger partial charge in [-0.25, -0.2) is 0 Å². The van der Waals surface area contributed by atoms with Gasteiger partial charge in [-0.2, -0.15) is 0 Å². The minimum absolute atomic E-state index is 0. The standard InChI is InChI=1S/C29H41.C21H12Cl2.C5H5.2ClH.Zr/c1-26(2,3)22-14-18-13-19-15-23(27(4,5)6)25(29(10,11)12)17-21(19)20(18)16-24(22)28(7,8)9;22-18-10-14-5-1-3-7-20(14)16(12-18)9-17-13-19(23)11-15-6-2-4-8-21(15)17;1-2-4-5-3-1;;;/h13-17H,1-12H3;1-8,10-13H;1-3H,4H2;2*1H;/q;;;;;+2/p-2. The van der Waals surface area contributed by atoms with Gasteiger partial charge in [0.1, 0.15) is 0 Å². The van der Waals surface area contributed by atoms with Gasteiger partial charge < -0.3 is 24.8 Å². The van der Waals surface area contributed by atoms with Crippen LogP contribution < -0.4 is 24.8 Å². The summed E-state index contributed by atoms with van der Waals surface area (Å²) in [5.74, 6) is 0. The molecular weight excluding hydrogens is 894 g/mol. The maximum absolute atomic E-state index is 7.21. The summed E-state index contributed by atoms with van der Waals surface area (Å²) < 4.78 is 3.28. The van der Waals surface area contributed by atoms with Crippen molar-refractivity contribution in [3.63, 3.8) is 0 Å². The first kappa shape index (κ1) is 46.7. The number of halogens is 4. The normalized spacial score (nSPS) is 14.0. The predicted octanol–water partition coefficient (Wildman–Crippen LogP) is 10.3. The third-order valence-corrected chi connectivity index (χ3v) is 21.0. The summed E-state index contributed by atoms with van der Waals surface area (Å²) in [6.45, 7) is 28.7. The number of hydrogen-bond acceptors (Lipinski definition) is 0. The van der Waals surface area contributed by atoms with E-state index in [0.717, 1.165) is 27.2 Å². The van der Waals surface area contributed by atoms with Gasteiger partial charge in [-0.3, -0.25) is 0 Å². The summed E-state index contributed by atoms with van der Waals surface area (Å²) in [5, 5.41) is 6.34.